The van der Waals surface area contributed by atoms with Gasteiger partial charge in [0.05, 0.1) is 0 Å². The van der Waals surface area contributed by atoms with Crippen molar-refractivity contribution in [2.45, 2.75) is 123 Å². The van der Waals surface area contributed by atoms with E-state index in [-0.39, 0.29) is 0 Å². The van der Waals surface area contributed by atoms with E-state index in [0.29, 0.717) is 0 Å². The zero-order chi connectivity index (χ0) is 28.8. The molecule has 0 spiro atoms. The SMILES string of the molecule is CCCCCCCCCCc1ccc(C#Cc2ccc(C#Cc3ccc(CCCCCCCCC)cc3)cc2)cc1. The summed E-state index contributed by atoms with van der Waals surface area (Å²) in [6.07, 6.45) is 22.8. The first kappa shape index (κ1) is 32.3. The van der Waals surface area contributed by atoms with Crippen LogP contribution in [0.2, 0.25) is 0 Å². The van der Waals surface area contributed by atoms with Crippen molar-refractivity contribution in [3.8, 4) is 23.7 Å². The molecule has 0 fully saturated rings. The number of hydrogen-bond acceptors (Lipinski definition) is 0. The van der Waals surface area contributed by atoms with Gasteiger partial charge in [0, 0.05) is 22.3 Å². The fourth-order valence-corrected chi connectivity index (χ4v) is 5.18. The van der Waals surface area contributed by atoms with E-state index in [2.05, 4.69) is 110 Å². The van der Waals surface area contributed by atoms with Gasteiger partial charge in [-0.05, 0) is 85.3 Å². The second-order valence-electron chi connectivity index (χ2n) is 11.6. The molecule has 3 rings (SSSR count). The molecule has 0 heteroatoms. The molecule has 0 saturated carbocycles. The fraction of sp³-hybridized carbons (Fsp3) is 0.463. The molecule has 0 N–H and O–H groups in total. The van der Waals surface area contributed by atoms with E-state index in [1.54, 1.807) is 0 Å². The lowest BCUT2D eigenvalue weighted by atomic mass is 10.0. The molecular formula is C41H52. The molecule has 0 amide bonds. The molecule has 0 radical (unpaired) electrons. The maximum atomic E-state index is 3.31. The topological polar surface area (TPSA) is 0 Å². The molecule has 0 aliphatic rings. The fourth-order valence-electron chi connectivity index (χ4n) is 5.18. The van der Waals surface area contributed by atoms with E-state index < -0.39 is 0 Å². The van der Waals surface area contributed by atoms with Crippen LogP contribution in [0.3, 0.4) is 0 Å². The molecule has 3 aromatic rings. The Balaban J connectivity index is 1.37. The summed E-state index contributed by atoms with van der Waals surface area (Å²) in [5.74, 6) is 13.2. The number of aryl methyl sites for hydroxylation is 2. The van der Waals surface area contributed by atoms with Gasteiger partial charge in [-0.3, -0.25) is 0 Å². The van der Waals surface area contributed by atoms with Crippen LogP contribution in [-0.2, 0) is 12.8 Å². The minimum absolute atomic E-state index is 1.02. The van der Waals surface area contributed by atoms with Gasteiger partial charge in [-0.1, -0.05) is 145 Å². The molecule has 0 aromatic heterocycles. The molecule has 0 aliphatic carbocycles. The number of benzene rings is 3. The number of hydrogen-bond donors (Lipinski definition) is 0. The van der Waals surface area contributed by atoms with E-state index in [4.69, 9.17) is 0 Å². The van der Waals surface area contributed by atoms with Gasteiger partial charge in [0.2, 0.25) is 0 Å². The van der Waals surface area contributed by atoms with E-state index in [0.717, 1.165) is 22.3 Å². The highest BCUT2D eigenvalue weighted by atomic mass is 14.0. The van der Waals surface area contributed by atoms with Crippen LogP contribution in [-0.4, -0.2) is 0 Å². The summed E-state index contributed by atoms with van der Waals surface area (Å²) in [5, 5.41) is 0. The number of unbranched alkanes of at least 4 members (excludes halogenated alkanes) is 13. The second-order valence-corrected chi connectivity index (χ2v) is 11.6. The van der Waals surface area contributed by atoms with Crippen molar-refractivity contribution >= 4 is 0 Å². The summed E-state index contributed by atoms with van der Waals surface area (Å²) in [5.41, 5.74) is 7.03. The zero-order valence-electron chi connectivity index (χ0n) is 25.9. The van der Waals surface area contributed by atoms with Crippen molar-refractivity contribution in [1.82, 2.24) is 0 Å². The van der Waals surface area contributed by atoms with E-state index in [1.165, 1.54) is 120 Å². The Kier molecular flexibility index (Phi) is 16.2. The van der Waals surface area contributed by atoms with E-state index in [9.17, 15) is 0 Å². The Morgan fingerprint density at radius 3 is 0.854 bits per heavy atom. The highest BCUT2D eigenvalue weighted by Crippen LogP contribution is 2.14. The average molecular weight is 545 g/mol. The first-order valence-corrected chi connectivity index (χ1v) is 16.6. The second kappa shape index (κ2) is 20.6. The molecule has 0 saturated heterocycles. The van der Waals surface area contributed by atoms with Crippen LogP contribution in [0.1, 0.15) is 144 Å². The predicted octanol–water partition coefficient (Wildman–Crippen LogP) is 11.5. The van der Waals surface area contributed by atoms with Crippen molar-refractivity contribution in [3.05, 3.63) is 106 Å². The highest BCUT2D eigenvalue weighted by molar-refractivity contribution is 5.48. The average Bonchev–Trinajstić information content (AvgIpc) is 3.01. The van der Waals surface area contributed by atoms with Crippen LogP contribution < -0.4 is 0 Å². The Labute approximate surface area is 252 Å². The molecule has 216 valence electrons. The minimum Gasteiger partial charge on any atom is -0.0654 e. The van der Waals surface area contributed by atoms with Gasteiger partial charge < -0.3 is 0 Å². The van der Waals surface area contributed by atoms with Crippen molar-refractivity contribution in [2.75, 3.05) is 0 Å². The van der Waals surface area contributed by atoms with Crippen LogP contribution in [0.25, 0.3) is 0 Å². The van der Waals surface area contributed by atoms with Crippen LogP contribution in [0, 0.1) is 23.7 Å². The first-order chi connectivity index (χ1) is 20.3. The molecule has 0 aliphatic heterocycles. The van der Waals surface area contributed by atoms with E-state index >= 15 is 0 Å². The minimum atomic E-state index is 1.02. The Hall–Kier alpha value is -3.22. The van der Waals surface area contributed by atoms with Crippen LogP contribution >= 0.6 is 0 Å². The van der Waals surface area contributed by atoms with Crippen molar-refractivity contribution in [1.29, 1.82) is 0 Å². The smallest absolute Gasteiger partial charge is 0.0249 e. The Morgan fingerprint density at radius 2 is 0.561 bits per heavy atom. The Morgan fingerprint density at radius 1 is 0.317 bits per heavy atom. The maximum Gasteiger partial charge on any atom is 0.0249 e. The normalized spacial score (nSPS) is 10.5. The van der Waals surface area contributed by atoms with Gasteiger partial charge in [0.1, 0.15) is 0 Å². The monoisotopic (exact) mass is 544 g/mol. The van der Waals surface area contributed by atoms with Gasteiger partial charge in [-0.15, -0.1) is 0 Å². The standard InChI is InChI=1S/C41H52/c1-3-5-7-9-11-13-15-17-19-37-22-26-39(27-23-37)29-31-41-34-32-40(33-35-41)30-28-38-24-20-36(21-25-38)18-16-14-12-10-8-6-4-2/h20-27,32-35H,3-19H2,1-2H3. The molecule has 0 bridgehead atoms. The van der Waals surface area contributed by atoms with Crippen molar-refractivity contribution in [3.63, 3.8) is 0 Å². The molecule has 0 nitrogen and oxygen atoms in total. The summed E-state index contributed by atoms with van der Waals surface area (Å²) in [6.45, 7) is 4.56. The van der Waals surface area contributed by atoms with Crippen LogP contribution in [0.4, 0.5) is 0 Å². The summed E-state index contributed by atoms with van der Waals surface area (Å²) in [7, 11) is 0. The van der Waals surface area contributed by atoms with Gasteiger partial charge in [-0.2, -0.15) is 0 Å². The van der Waals surface area contributed by atoms with Crippen molar-refractivity contribution in [2.24, 2.45) is 0 Å². The lowest BCUT2D eigenvalue weighted by Crippen LogP contribution is -1.87. The molecule has 3 aromatic carbocycles. The third-order valence-electron chi connectivity index (χ3n) is 7.88. The predicted molar refractivity (Wildman–Crippen MR) is 179 cm³/mol. The van der Waals surface area contributed by atoms with Gasteiger partial charge >= 0.3 is 0 Å². The number of rotatable bonds is 17. The molecule has 41 heavy (non-hydrogen) atoms. The summed E-state index contributed by atoms with van der Waals surface area (Å²) in [6, 6.07) is 25.9. The molecule has 0 unspecified atom stereocenters. The Bertz CT molecular complexity index is 1200. The lowest BCUT2D eigenvalue weighted by Gasteiger charge is -2.03. The van der Waals surface area contributed by atoms with E-state index in [1.807, 2.05) is 0 Å². The maximum absolute atomic E-state index is 3.31. The van der Waals surface area contributed by atoms with Gasteiger partial charge in [-0.25, -0.2) is 0 Å². The quantitative estimate of drug-likeness (QED) is 0.117. The molecular weight excluding hydrogens is 492 g/mol. The van der Waals surface area contributed by atoms with Crippen LogP contribution in [0.15, 0.2) is 72.8 Å². The highest BCUT2D eigenvalue weighted by Gasteiger charge is 1.97. The third-order valence-corrected chi connectivity index (χ3v) is 7.88. The van der Waals surface area contributed by atoms with Gasteiger partial charge in [0.15, 0.2) is 0 Å². The van der Waals surface area contributed by atoms with Crippen LogP contribution in [0.5, 0.6) is 0 Å². The first-order valence-electron chi connectivity index (χ1n) is 16.6. The summed E-state index contributed by atoms with van der Waals surface area (Å²) >= 11 is 0. The van der Waals surface area contributed by atoms with Crippen molar-refractivity contribution < 1.29 is 0 Å². The molecule has 0 atom stereocenters. The largest absolute Gasteiger partial charge is 0.0654 e. The molecule has 0 heterocycles. The summed E-state index contributed by atoms with van der Waals surface area (Å²) in [4.78, 5) is 0. The zero-order valence-corrected chi connectivity index (χ0v) is 25.9. The lowest BCUT2D eigenvalue weighted by molar-refractivity contribution is 0.575. The third kappa shape index (κ3) is 14.3. The van der Waals surface area contributed by atoms with Gasteiger partial charge in [0.25, 0.3) is 0 Å². The summed E-state index contributed by atoms with van der Waals surface area (Å²) < 4.78 is 0.